The van der Waals surface area contributed by atoms with E-state index >= 15 is 0 Å². The summed E-state index contributed by atoms with van der Waals surface area (Å²) in [5.74, 6) is 1.82. The highest BCUT2D eigenvalue weighted by molar-refractivity contribution is 6.99. The van der Waals surface area contributed by atoms with Crippen LogP contribution in [0.4, 0.5) is 34.1 Å². The molecule has 0 radical (unpaired) electrons. The van der Waals surface area contributed by atoms with Gasteiger partial charge in [-0.05, 0) is 127 Å². The minimum Gasteiger partial charge on any atom is -0.458 e. The molecular weight excluding hydrogens is 767 g/mol. The normalized spacial score (nSPS) is 13.8. The van der Waals surface area contributed by atoms with Gasteiger partial charge in [0.25, 0.3) is 6.71 Å². The molecule has 316 valence electrons. The summed E-state index contributed by atoms with van der Waals surface area (Å²) in [6, 6.07) is 51.7. The summed E-state index contributed by atoms with van der Waals surface area (Å²) < 4.78 is 14.0. The molecule has 0 amide bonds. The lowest BCUT2D eigenvalue weighted by molar-refractivity contribution is 0.486. The van der Waals surface area contributed by atoms with Crippen LogP contribution in [-0.4, -0.2) is 6.71 Å². The second-order valence-electron chi connectivity index (χ2n) is 21.9. The number of hydrogen-bond acceptors (Lipinski definition) is 4. The second-order valence-corrected chi connectivity index (χ2v) is 21.9. The molecule has 2 aliphatic heterocycles. The molecule has 0 saturated heterocycles. The quantitative estimate of drug-likeness (QED) is 0.165. The third-order valence-electron chi connectivity index (χ3n) is 13.4. The highest BCUT2D eigenvalue weighted by Crippen LogP contribution is 2.50. The van der Waals surface area contributed by atoms with Crippen molar-refractivity contribution in [1.82, 2.24) is 0 Å². The van der Waals surface area contributed by atoms with Crippen LogP contribution in [0.15, 0.2) is 144 Å². The maximum absolute atomic E-state index is 7.14. The molecule has 8 aromatic rings. The maximum Gasteiger partial charge on any atom is 0.256 e. The van der Waals surface area contributed by atoms with E-state index in [0.717, 1.165) is 67.6 Å². The van der Waals surface area contributed by atoms with Crippen LogP contribution in [0.25, 0.3) is 21.9 Å². The van der Waals surface area contributed by atoms with Crippen molar-refractivity contribution in [3.8, 4) is 11.5 Å². The van der Waals surface area contributed by atoms with Crippen molar-refractivity contribution in [1.29, 1.82) is 0 Å². The lowest BCUT2D eigenvalue weighted by Crippen LogP contribution is -2.59. The van der Waals surface area contributed by atoms with Gasteiger partial charge in [0, 0.05) is 28.1 Å². The molecule has 5 heteroatoms. The van der Waals surface area contributed by atoms with Crippen molar-refractivity contribution >= 4 is 79.2 Å². The first kappa shape index (κ1) is 40.9. The number of rotatable bonds is 4. The molecule has 2 aliphatic rings. The SMILES string of the molecule is CC(C)(C)c1ccc(N(c2ccc(C(C)(C)C)cc2)c2ccc(N3c4ccc(C(C)(C)C)cc4B4c5cc(C(C)(C)C)ccc5Oc5cccc3c54)c3oc4ccccc4c23)cc1. The van der Waals surface area contributed by atoms with Crippen LogP contribution in [-0.2, 0) is 21.7 Å². The second kappa shape index (κ2) is 14.2. The largest absolute Gasteiger partial charge is 0.458 e. The number of para-hydroxylation sites is 1. The number of anilines is 6. The Kier molecular flexibility index (Phi) is 9.18. The number of fused-ring (bicyclic) bond motifs is 7. The predicted molar refractivity (Wildman–Crippen MR) is 269 cm³/mol. The maximum atomic E-state index is 7.14. The Morgan fingerprint density at radius 3 is 1.60 bits per heavy atom. The van der Waals surface area contributed by atoms with Crippen molar-refractivity contribution < 1.29 is 9.15 Å². The molecule has 63 heavy (non-hydrogen) atoms. The molecular formula is C58H59BN2O2. The van der Waals surface area contributed by atoms with Crippen LogP contribution in [0.1, 0.15) is 105 Å². The van der Waals surface area contributed by atoms with E-state index in [2.05, 4.69) is 232 Å². The monoisotopic (exact) mass is 826 g/mol. The van der Waals surface area contributed by atoms with Crippen molar-refractivity contribution in [2.45, 2.75) is 105 Å². The molecule has 1 aromatic heterocycles. The first-order valence-electron chi connectivity index (χ1n) is 22.6. The lowest BCUT2D eigenvalue weighted by Gasteiger charge is -2.41. The molecule has 0 atom stereocenters. The molecule has 0 bridgehead atoms. The molecule has 0 fully saturated rings. The Bertz CT molecular complexity index is 3020. The summed E-state index contributed by atoms with van der Waals surface area (Å²) in [4.78, 5) is 4.85. The van der Waals surface area contributed by atoms with Gasteiger partial charge in [0.1, 0.15) is 17.1 Å². The van der Waals surface area contributed by atoms with Crippen LogP contribution in [0.3, 0.4) is 0 Å². The fourth-order valence-corrected chi connectivity index (χ4v) is 9.69. The highest BCUT2D eigenvalue weighted by Gasteiger charge is 2.43. The first-order valence-corrected chi connectivity index (χ1v) is 22.6. The minimum atomic E-state index is -0.0474. The molecule has 3 heterocycles. The Balaban J connectivity index is 1.24. The van der Waals surface area contributed by atoms with Gasteiger partial charge in [0.05, 0.1) is 16.8 Å². The molecule has 7 aromatic carbocycles. The molecule has 0 N–H and O–H groups in total. The van der Waals surface area contributed by atoms with Gasteiger partial charge < -0.3 is 19.0 Å². The Morgan fingerprint density at radius 1 is 0.460 bits per heavy atom. The van der Waals surface area contributed by atoms with E-state index in [0.29, 0.717) is 0 Å². The topological polar surface area (TPSA) is 28.9 Å². The summed E-state index contributed by atoms with van der Waals surface area (Å²) in [5.41, 5.74) is 17.0. The van der Waals surface area contributed by atoms with E-state index in [1.54, 1.807) is 0 Å². The van der Waals surface area contributed by atoms with E-state index in [1.165, 1.54) is 38.6 Å². The molecule has 4 nitrogen and oxygen atoms in total. The minimum absolute atomic E-state index is 0.0103. The van der Waals surface area contributed by atoms with Gasteiger partial charge in [-0.2, -0.15) is 0 Å². The number of nitrogens with zero attached hydrogens (tertiary/aromatic N) is 2. The van der Waals surface area contributed by atoms with Gasteiger partial charge in [-0.15, -0.1) is 0 Å². The first-order chi connectivity index (χ1) is 29.8. The Morgan fingerprint density at radius 2 is 1.00 bits per heavy atom. The van der Waals surface area contributed by atoms with Crippen LogP contribution in [0.5, 0.6) is 11.5 Å². The predicted octanol–water partition coefficient (Wildman–Crippen LogP) is 14.7. The van der Waals surface area contributed by atoms with Crippen LogP contribution in [0, 0.1) is 0 Å². The highest BCUT2D eigenvalue weighted by atomic mass is 16.5. The molecule has 0 aliphatic carbocycles. The standard InChI is InChI=1S/C58H59BN2O2/c1-55(2,3)36-20-26-40(27-21-36)60(41-28-22-37(23-29-41)56(4,5)6)46-31-32-48(54-52(46)42-16-13-14-18-49(42)63-54)61-45-30-24-38(57(7,8)9)34-43(45)59-44-35-39(58(10,11)12)25-33-50(44)62-51-19-15-17-47(61)53(51)59/h13-35H,1-12H3. The number of furan rings is 1. The summed E-state index contributed by atoms with van der Waals surface area (Å²) in [5, 5.41) is 2.14. The van der Waals surface area contributed by atoms with Crippen LogP contribution in [0.2, 0.25) is 0 Å². The molecule has 0 saturated carbocycles. The van der Waals surface area contributed by atoms with Crippen molar-refractivity contribution in [2.24, 2.45) is 0 Å². The Labute approximate surface area is 374 Å². The summed E-state index contributed by atoms with van der Waals surface area (Å²) in [6.07, 6.45) is 0. The van der Waals surface area contributed by atoms with E-state index in [4.69, 9.17) is 9.15 Å². The van der Waals surface area contributed by atoms with E-state index in [1.807, 2.05) is 0 Å². The molecule has 10 rings (SSSR count). The van der Waals surface area contributed by atoms with Crippen molar-refractivity contribution in [3.63, 3.8) is 0 Å². The number of ether oxygens (including phenoxy) is 1. The van der Waals surface area contributed by atoms with Gasteiger partial charge in [-0.1, -0.05) is 156 Å². The zero-order valence-corrected chi connectivity index (χ0v) is 39.1. The third kappa shape index (κ3) is 6.83. The van der Waals surface area contributed by atoms with Crippen LogP contribution >= 0.6 is 0 Å². The van der Waals surface area contributed by atoms with Crippen molar-refractivity contribution in [3.05, 3.63) is 162 Å². The van der Waals surface area contributed by atoms with E-state index in [-0.39, 0.29) is 28.4 Å². The lowest BCUT2D eigenvalue weighted by atomic mass is 9.34. The van der Waals surface area contributed by atoms with E-state index < -0.39 is 0 Å². The smallest absolute Gasteiger partial charge is 0.256 e. The number of benzene rings is 7. The van der Waals surface area contributed by atoms with Gasteiger partial charge >= 0.3 is 0 Å². The zero-order chi connectivity index (χ0) is 44.4. The fourth-order valence-electron chi connectivity index (χ4n) is 9.69. The van der Waals surface area contributed by atoms with Crippen LogP contribution < -0.4 is 30.9 Å². The number of hydrogen-bond donors (Lipinski definition) is 0. The molecule has 0 spiro atoms. The van der Waals surface area contributed by atoms with Gasteiger partial charge in [-0.25, -0.2) is 0 Å². The van der Waals surface area contributed by atoms with Crippen molar-refractivity contribution in [2.75, 3.05) is 9.80 Å². The fraction of sp³-hybridized carbons (Fsp3) is 0.276. The third-order valence-corrected chi connectivity index (χ3v) is 13.4. The van der Waals surface area contributed by atoms with E-state index in [9.17, 15) is 0 Å². The summed E-state index contributed by atoms with van der Waals surface area (Å²) in [7, 11) is 0. The van der Waals surface area contributed by atoms with Gasteiger partial charge in [-0.3, -0.25) is 0 Å². The summed E-state index contributed by atoms with van der Waals surface area (Å²) >= 11 is 0. The van der Waals surface area contributed by atoms with Gasteiger partial charge in [0.2, 0.25) is 0 Å². The Hall–Kier alpha value is -6.20. The summed E-state index contributed by atoms with van der Waals surface area (Å²) in [6.45, 7) is 27.4. The average molecular weight is 827 g/mol. The zero-order valence-electron chi connectivity index (χ0n) is 39.1. The average Bonchev–Trinajstić information content (AvgIpc) is 3.63. The van der Waals surface area contributed by atoms with Gasteiger partial charge in [0.15, 0.2) is 5.58 Å². The molecule has 0 unspecified atom stereocenters.